The zero-order valence-corrected chi connectivity index (χ0v) is 17.6. The number of benzene rings is 2. The summed E-state index contributed by atoms with van der Waals surface area (Å²) in [6.45, 7) is 6.26. The first kappa shape index (κ1) is 20.6. The first-order valence-corrected chi connectivity index (χ1v) is 10.4. The summed E-state index contributed by atoms with van der Waals surface area (Å²) in [6, 6.07) is 11.2. The predicted molar refractivity (Wildman–Crippen MR) is 118 cm³/mol. The van der Waals surface area contributed by atoms with Crippen molar-refractivity contribution in [2.24, 2.45) is 0 Å². The first-order valence-electron chi connectivity index (χ1n) is 9.99. The third kappa shape index (κ3) is 4.56. The highest BCUT2D eigenvalue weighted by molar-refractivity contribution is 6.30. The SMILES string of the molecule is Cc1cc(CN2CCOCC2)cc2c(=O)c(C(=O)NCc3ccc(Cl)cc3)c[nH]c12. The van der Waals surface area contributed by atoms with Crippen molar-refractivity contribution >= 4 is 28.4 Å². The minimum Gasteiger partial charge on any atom is -0.379 e. The van der Waals surface area contributed by atoms with Crippen LogP contribution in [0.5, 0.6) is 0 Å². The largest absolute Gasteiger partial charge is 0.379 e. The third-order valence-electron chi connectivity index (χ3n) is 5.37. The predicted octanol–water partition coefficient (Wildman–Crippen LogP) is 3.25. The first-order chi connectivity index (χ1) is 14.5. The van der Waals surface area contributed by atoms with E-state index in [2.05, 4.69) is 21.3 Å². The number of fused-ring (bicyclic) bond motifs is 1. The zero-order valence-electron chi connectivity index (χ0n) is 16.8. The number of rotatable bonds is 5. The van der Waals surface area contributed by atoms with Crippen LogP contribution in [0.1, 0.15) is 27.0 Å². The van der Waals surface area contributed by atoms with Crippen LogP contribution in [0.4, 0.5) is 0 Å². The van der Waals surface area contributed by atoms with Gasteiger partial charge in [0.05, 0.1) is 18.7 Å². The number of halogens is 1. The van der Waals surface area contributed by atoms with E-state index in [1.165, 1.54) is 6.20 Å². The van der Waals surface area contributed by atoms with Crippen molar-refractivity contribution in [1.82, 2.24) is 15.2 Å². The van der Waals surface area contributed by atoms with Gasteiger partial charge in [-0.1, -0.05) is 29.8 Å². The van der Waals surface area contributed by atoms with Gasteiger partial charge in [-0.2, -0.15) is 0 Å². The quantitative estimate of drug-likeness (QED) is 0.658. The third-order valence-corrected chi connectivity index (χ3v) is 5.62. The number of hydrogen-bond acceptors (Lipinski definition) is 4. The Morgan fingerprint density at radius 3 is 2.63 bits per heavy atom. The van der Waals surface area contributed by atoms with Gasteiger partial charge in [0.15, 0.2) is 0 Å². The zero-order chi connectivity index (χ0) is 21.1. The minimum atomic E-state index is -0.399. The van der Waals surface area contributed by atoms with Crippen molar-refractivity contribution in [3.05, 3.63) is 80.1 Å². The van der Waals surface area contributed by atoms with Gasteiger partial charge in [-0.05, 0) is 41.8 Å². The molecule has 30 heavy (non-hydrogen) atoms. The Balaban J connectivity index is 1.57. The van der Waals surface area contributed by atoms with Crippen LogP contribution in [0, 0.1) is 6.92 Å². The van der Waals surface area contributed by atoms with Crippen molar-refractivity contribution in [3.63, 3.8) is 0 Å². The molecule has 1 aliphatic rings. The molecule has 1 amide bonds. The number of ether oxygens (including phenoxy) is 1. The molecule has 1 aromatic heterocycles. The lowest BCUT2D eigenvalue weighted by Crippen LogP contribution is -2.35. The van der Waals surface area contributed by atoms with Crippen LogP contribution in [0.15, 0.2) is 47.4 Å². The van der Waals surface area contributed by atoms with Gasteiger partial charge in [0, 0.05) is 42.8 Å². The second-order valence-corrected chi connectivity index (χ2v) is 8.00. The van der Waals surface area contributed by atoms with Crippen LogP contribution in [0.3, 0.4) is 0 Å². The molecule has 156 valence electrons. The molecule has 2 N–H and O–H groups in total. The van der Waals surface area contributed by atoms with Crippen LogP contribution in [-0.4, -0.2) is 42.1 Å². The van der Waals surface area contributed by atoms with Crippen LogP contribution in [0.2, 0.25) is 5.02 Å². The fraction of sp³-hybridized carbons (Fsp3) is 0.304. The van der Waals surface area contributed by atoms with E-state index in [1.54, 1.807) is 12.1 Å². The maximum atomic E-state index is 13.1. The summed E-state index contributed by atoms with van der Waals surface area (Å²) >= 11 is 5.89. The molecule has 1 saturated heterocycles. The van der Waals surface area contributed by atoms with E-state index in [-0.39, 0.29) is 11.0 Å². The molecule has 0 saturated carbocycles. The average Bonchev–Trinajstić information content (AvgIpc) is 2.75. The highest BCUT2D eigenvalue weighted by atomic mass is 35.5. The Morgan fingerprint density at radius 2 is 1.90 bits per heavy atom. The standard InChI is InChI=1S/C23H24ClN3O3/c1-15-10-17(14-27-6-8-30-9-7-27)11-19-21(15)25-13-20(22(19)28)23(29)26-12-16-2-4-18(24)5-3-16/h2-5,10-11,13H,6-9,12,14H2,1H3,(H,25,28)(H,26,29). The maximum Gasteiger partial charge on any atom is 0.257 e. The normalized spacial score (nSPS) is 14.7. The summed E-state index contributed by atoms with van der Waals surface area (Å²) in [5.74, 6) is -0.399. The lowest BCUT2D eigenvalue weighted by molar-refractivity contribution is 0.0342. The Kier molecular flexibility index (Phi) is 6.18. The number of nitrogens with zero attached hydrogens (tertiary/aromatic N) is 1. The Morgan fingerprint density at radius 1 is 1.17 bits per heavy atom. The number of morpholine rings is 1. The monoisotopic (exact) mass is 425 g/mol. The molecule has 7 heteroatoms. The molecule has 1 aliphatic heterocycles. The fourth-order valence-electron chi connectivity index (χ4n) is 3.74. The van der Waals surface area contributed by atoms with Crippen LogP contribution in [-0.2, 0) is 17.8 Å². The van der Waals surface area contributed by atoms with Crippen molar-refractivity contribution in [2.75, 3.05) is 26.3 Å². The molecule has 1 fully saturated rings. The summed E-state index contributed by atoms with van der Waals surface area (Å²) in [4.78, 5) is 31.2. The topological polar surface area (TPSA) is 74.4 Å². The molecule has 2 heterocycles. The number of amides is 1. The second kappa shape index (κ2) is 9.00. The molecule has 0 bridgehead atoms. The highest BCUT2D eigenvalue weighted by Gasteiger charge is 2.16. The number of aromatic amines is 1. The number of aryl methyl sites for hydroxylation is 1. The van der Waals surface area contributed by atoms with Crippen molar-refractivity contribution in [3.8, 4) is 0 Å². The number of pyridine rings is 1. The van der Waals surface area contributed by atoms with E-state index in [0.717, 1.165) is 55.1 Å². The maximum absolute atomic E-state index is 13.1. The molecule has 4 rings (SSSR count). The number of carbonyl (C=O) groups is 1. The number of carbonyl (C=O) groups excluding carboxylic acids is 1. The van der Waals surface area contributed by atoms with Crippen molar-refractivity contribution in [2.45, 2.75) is 20.0 Å². The minimum absolute atomic E-state index is 0.111. The fourth-order valence-corrected chi connectivity index (χ4v) is 3.87. The lowest BCUT2D eigenvalue weighted by atomic mass is 10.0. The van der Waals surface area contributed by atoms with Gasteiger partial charge in [-0.3, -0.25) is 14.5 Å². The highest BCUT2D eigenvalue weighted by Crippen LogP contribution is 2.18. The van der Waals surface area contributed by atoms with Gasteiger partial charge >= 0.3 is 0 Å². The van der Waals surface area contributed by atoms with Gasteiger partial charge < -0.3 is 15.0 Å². The number of nitrogens with one attached hydrogen (secondary N) is 2. The van der Waals surface area contributed by atoms with Crippen LogP contribution >= 0.6 is 11.6 Å². The second-order valence-electron chi connectivity index (χ2n) is 7.56. The molecule has 0 spiro atoms. The van der Waals surface area contributed by atoms with Crippen molar-refractivity contribution in [1.29, 1.82) is 0 Å². The molecule has 0 unspecified atom stereocenters. The molecule has 3 aromatic rings. The van der Waals surface area contributed by atoms with E-state index in [0.29, 0.717) is 17.0 Å². The van der Waals surface area contributed by atoms with Gasteiger partial charge in [-0.25, -0.2) is 0 Å². The Labute approximate surface area is 179 Å². The molecule has 0 atom stereocenters. The molecule has 6 nitrogen and oxygen atoms in total. The smallest absolute Gasteiger partial charge is 0.257 e. The van der Waals surface area contributed by atoms with E-state index in [4.69, 9.17) is 16.3 Å². The van der Waals surface area contributed by atoms with E-state index in [1.807, 2.05) is 25.1 Å². The molecular formula is C23H24ClN3O3. The van der Waals surface area contributed by atoms with E-state index < -0.39 is 5.91 Å². The number of hydrogen-bond donors (Lipinski definition) is 2. The summed E-state index contributed by atoms with van der Waals surface area (Å²) in [5.41, 5.74) is 3.57. The number of H-pyrrole nitrogens is 1. The summed E-state index contributed by atoms with van der Waals surface area (Å²) < 4.78 is 5.41. The van der Waals surface area contributed by atoms with Gasteiger partial charge in [-0.15, -0.1) is 0 Å². The number of aromatic nitrogens is 1. The van der Waals surface area contributed by atoms with Crippen molar-refractivity contribution < 1.29 is 9.53 Å². The average molecular weight is 426 g/mol. The summed E-state index contributed by atoms with van der Waals surface area (Å²) in [7, 11) is 0. The van der Waals surface area contributed by atoms with Crippen LogP contribution in [0.25, 0.3) is 10.9 Å². The molecular weight excluding hydrogens is 402 g/mol. The Hall–Kier alpha value is -2.67. The van der Waals surface area contributed by atoms with E-state index in [9.17, 15) is 9.59 Å². The van der Waals surface area contributed by atoms with Gasteiger partial charge in [0.1, 0.15) is 5.56 Å². The van der Waals surface area contributed by atoms with Gasteiger partial charge in [0.2, 0.25) is 5.43 Å². The molecule has 0 aliphatic carbocycles. The van der Waals surface area contributed by atoms with E-state index >= 15 is 0 Å². The van der Waals surface area contributed by atoms with Crippen LogP contribution < -0.4 is 10.7 Å². The summed E-state index contributed by atoms with van der Waals surface area (Å²) in [5, 5.41) is 3.99. The lowest BCUT2D eigenvalue weighted by Gasteiger charge is -2.26. The molecule has 0 radical (unpaired) electrons. The summed E-state index contributed by atoms with van der Waals surface area (Å²) in [6.07, 6.45) is 1.50. The Bertz CT molecular complexity index is 1120. The molecule has 2 aromatic carbocycles. The van der Waals surface area contributed by atoms with Gasteiger partial charge in [0.25, 0.3) is 5.91 Å².